The van der Waals surface area contributed by atoms with Crippen LogP contribution in [0, 0.1) is 0 Å². The molecule has 2 N–H and O–H groups in total. The van der Waals surface area contributed by atoms with Gasteiger partial charge >= 0.3 is 8.03 Å². The van der Waals surface area contributed by atoms with Crippen LogP contribution in [-0.2, 0) is 4.57 Å². The molecule has 1 aromatic rings. The SMILES string of the molecule is O=C(c1ccccc1)N(O)C/C=C/[P+](=O)O. The van der Waals surface area contributed by atoms with Crippen molar-refractivity contribution >= 4 is 13.9 Å². The molecule has 1 atom stereocenters. The lowest BCUT2D eigenvalue weighted by Crippen LogP contribution is -2.27. The van der Waals surface area contributed by atoms with Crippen LogP contribution in [0.4, 0.5) is 0 Å². The molecule has 1 unspecified atom stereocenters. The molecule has 0 aliphatic rings. The van der Waals surface area contributed by atoms with Crippen LogP contribution in [0.2, 0.25) is 0 Å². The highest BCUT2D eigenvalue weighted by atomic mass is 31.1. The number of carbonyl (C=O) groups excluding carboxylic acids is 1. The van der Waals surface area contributed by atoms with Gasteiger partial charge in [0.2, 0.25) is 0 Å². The van der Waals surface area contributed by atoms with Crippen molar-refractivity contribution < 1.29 is 19.5 Å². The van der Waals surface area contributed by atoms with Crippen molar-refractivity contribution in [1.82, 2.24) is 5.06 Å². The Bertz CT molecular complexity index is 405. The molecular formula is C10H11NO4P+. The maximum atomic E-state index is 11.5. The summed E-state index contributed by atoms with van der Waals surface area (Å²) in [5, 5.41) is 9.82. The molecule has 0 bridgehead atoms. The van der Waals surface area contributed by atoms with Crippen molar-refractivity contribution in [3.63, 3.8) is 0 Å². The van der Waals surface area contributed by atoms with Gasteiger partial charge in [0.15, 0.2) is 5.82 Å². The summed E-state index contributed by atoms with van der Waals surface area (Å²) >= 11 is 0. The smallest absolute Gasteiger partial charge is 0.285 e. The minimum atomic E-state index is -2.38. The molecule has 0 aliphatic carbocycles. The summed E-state index contributed by atoms with van der Waals surface area (Å²) in [5.74, 6) is 0.454. The van der Waals surface area contributed by atoms with Crippen LogP contribution in [0.1, 0.15) is 10.4 Å². The first-order chi connectivity index (χ1) is 7.61. The molecule has 84 valence electrons. The van der Waals surface area contributed by atoms with Crippen molar-refractivity contribution in [1.29, 1.82) is 0 Å². The van der Waals surface area contributed by atoms with Crippen molar-refractivity contribution in [3.8, 4) is 0 Å². The van der Waals surface area contributed by atoms with Gasteiger partial charge in [0, 0.05) is 5.56 Å². The first kappa shape index (κ1) is 12.5. The van der Waals surface area contributed by atoms with E-state index in [1.807, 2.05) is 0 Å². The van der Waals surface area contributed by atoms with Gasteiger partial charge in [0.05, 0.1) is 6.54 Å². The number of hydrogen-bond acceptors (Lipinski definition) is 3. The minimum absolute atomic E-state index is 0.130. The van der Waals surface area contributed by atoms with Gasteiger partial charge < -0.3 is 0 Å². The molecule has 0 heterocycles. The Balaban J connectivity index is 2.58. The number of amides is 1. The Labute approximate surface area is 93.5 Å². The van der Waals surface area contributed by atoms with Crippen LogP contribution >= 0.6 is 8.03 Å². The number of nitrogens with zero attached hydrogens (tertiary/aromatic N) is 1. The predicted octanol–water partition coefficient (Wildman–Crippen LogP) is 1.77. The van der Waals surface area contributed by atoms with E-state index in [0.717, 1.165) is 5.82 Å². The molecule has 1 aromatic carbocycles. The van der Waals surface area contributed by atoms with Gasteiger partial charge in [-0.1, -0.05) is 18.2 Å². The number of hydrogen-bond donors (Lipinski definition) is 2. The van der Waals surface area contributed by atoms with Gasteiger partial charge in [-0.3, -0.25) is 10.0 Å². The fourth-order valence-corrected chi connectivity index (χ4v) is 1.32. The van der Waals surface area contributed by atoms with Crippen LogP contribution < -0.4 is 0 Å². The van der Waals surface area contributed by atoms with E-state index in [1.165, 1.54) is 6.08 Å². The Hall–Kier alpha value is -1.55. The van der Waals surface area contributed by atoms with E-state index in [1.54, 1.807) is 30.3 Å². The normalized spacial score (nSPS) is 11.5. The molecule has 0 aromatic heterocycles. The average Bonchev–Trinajstić information content (AvgIpc) is 2.28. The lowest BCUT2D eigenvalue weighted by Gasteiger charge is -2.11. The van der Waals surface area contributed by atoms with Crippen molar-refractivity contribution in [2.75, 3.05) is 6.54 Å². The van der Waals surface area contributed by atoms with E-state index in [9.17, 15) is 14.6 Å². The third kappa shape index (κ3) is 3.90. The summed E-state index contributed by atoms with van der Waals surface area (Å²) in [6.45, 7) is -0.130. The zero-order valence-electron chi connectivity index (χ0n) is 8.35. The van der Waals surface area contributed by atoms with E-state index in [0.29, 0.717) is 10.6 Å². The fraction of sp³-hybridized carbons (Fsp3) is 0.100. The van der Waals surface area contributed by atoms with Crippen LogP contribution in [0.3, 0.4) is 0 Å². The summed E-state index contributed by atoms with van der Waals surface area (Å²) in [4.78, 5) is 20.0. The summed E-state index contributed by atoms with van der Waals surface area (Å²) < 4.78 is 10.3. The van der Waals surface area contributed by atoms with E-state index in [2.05, 4.69) is 0 Å². The third-order valence-corrected chi connectivity index (χ3v) is 2.23. The Morgan fingerprint density at radius 3 is 2.56 bits per heavy atom. The Kier molecular flexibility index (Phi) is 4.79. The first-order valence-electron chi connectivity index (χ1n) is 4.49. The van der Waals surface area contributed by atoms with Gasteiger partial charge in [-0.15, -0.1) is 0 Å². The van der Waals surface area contributed by atoms with E-state index < -0.39 is 13.9 Å². The van der Waals surface area contributed by atoms with Crippen molar-refractivity contribution in [3.05, 3.63) is 47.8 Å². The molecule has 0 spiro atoms. The van der Waals surface area contributed by atoms with Crippen molar-refractivity contribution in [2.24, 2.45) is 0 Å². The van der Waals surface area contributed by atoms with Crippen LogP contribution in [0.15, 0.2) is 42.2 Å². The fourth-order valence-electron chi connectivity index (χ4n) is 1.05. The van der Waals surface area contributed by atoms with E-state index >= 15 is 0 Å². The molecule has 0 fully saturated rings. The predicted molar refractivity (Wildman–Crippen MR) is 58.2 cm³/mol. The molecule has 0 saturated heterocycles. The topological polar surface area (TPSA) is 77.8 Å². The van der Waals surface area contributed by atoms with Crippen molar-refractivity contribution in [2.45, 2.75) is 0 Å². The summed E-state index contributed by atoms with van der Waals surface area (Å²) in [6, 6.07) is 8.27. The molecule has 1 rings (SSSR count). The molecule has 16 heavy (non-hydrogen) atoms. The second kappa shape index (κ2) is 6.12. The molecule has 0 saturated carbocycles. The third-order valence-electron chi connectivity index (χ3n) is 1.77. The van der Waals surface area contributed by atoms with Gasteiger partial charge in [0.1, 0.15) is 0 Å². The van der Waals surface area contributed by atoms with Gasteiger partial charge in [-0.25, -0.2) is 5.06 Å². The number of carbonyl (C=O) groups is 1. The molecule has 6 heteroatoms. The summed E-state index contributed by atoms with van der Waals surface area (Å²) in [7, 11) is -2.38. The lowest BCUT2D eigenvalue weighted by atomic mass is 10.2. The van der Waals surface area contributed by atoms with Crippen LogP contribution in [-0.4, -0.2) is 27.6 Å². The van der Waals surface area contributed by atoms with Crippen LogP contribution in [0.25, 0.3) is 0 Å². The standard InChI is InChI=1S/C10H10NO4P/c12-10(9-5-2-1-3-6-9)11(13)7-4-8-16(14)15/h1-6,8,13H,7H2/p+1/b8-4+. The average molecular weight is 240 g/mol. The van der Waals surface area contributed by atoms with Gasteiger partial charge in [-0.05, 0) is 22.8 Å². The Morgan fingerprint density at radius 2 is 2.00 bits per heavy atom. The first-order valence-corrected chi connectivity index (χ1v) is 5.77. The van der Waals surface area contributed by atoms with Gasteiger partial charge in [-0.2, -0.15) is 4.89 Å². The molecule has 1 amide bonds. The lowest BCUT2D eigenvalue weighted by molar-refractivity contribution is -0.0494. The maximum absolute atomic E-state index is 11.5. The second-order valence-electron chi connectivity index (χ2n) is 2.94. The quantitative estimate of drug-likeness (QED) is 0.477. The van der Waals surface area contributed by atoms with E-state index in [-0.39, 0.29) is 6.54 Å². The zero-order valence-corrected chi connectivity index (χ0v) is 9.25. The Morgan fingerprint density at radius 1 is 1.38 bits per heavy atom. The van der Waals surface area contributed by atoms with Gasteiger partial charge in [0.25, 0.3) is 5.91 Å². The highest BCUT2D eigenvalue weighted by Crippen LogP contribution is 2.13. The number of benzene rings is 1. The molecule has 0 radical (unpaired) electrons. The monoisotopic (exact) mass is 240 g/mol. The van der Waals surface area contributed by atoms with E-state index in [4.69, 9.17) is 4.89 Å². The highest BCUT2D eigenvalue weighted by Gasteiger charge is 2.12. The maximum Gasteiger partial charge on any atom is 0.537 e. The molecular weight excluding hydrogens is 229 g/mol. The summed E-state index contributed by atoms with van der Waals surface area (Å²) in [6.07, 6.45) is 1.25. The molecule has 5 nitrogen and oxygen atoms in total. The summed E-state index contributed by atoms with van der Waals surface area (Å²) in [5.41, 5.74) is 0.354. The zero-order chi connectivity index (χ0) is 12.0. The number of hydroxylamine groups is 2. The second-order valence-corrected chi connectivity index (χ2v) is 3.84. The molecule has 0 aliphatic heterocycles. The highest BCUT2D eigenvalue weighted by molar-refractivity contribution is 7.41. The van der Waals surface area contributed by atoms with Crippen LogP contribution in [0.5, 0.6) is 0 Å². The largest absolute Gasteiger partial charge is 0.537 e. The minimum Gasteiger partial charge on any atom is -0.285 e. The number of rotatable bonds is 4.